The van der Waals surface area contributed by atoms with Crippen molar-refractivity contribution in [3.8, 4) is 0 Å². The van der Waals surface area contributed by atoms with E-state index < -0.39 is 16.8 Å². The standard InChI is InChI=1S/C13H10F3N3O2/c14-13(15,16)11-2-1-3-12(18-11)17-8-9-4-6-10(7-5-9)19(20)21/h1-7H,8H2,(H,17,18). The van der Waals surface area contributed by atoms with E-state index in [4.69, 9.17) is 0 Å². The minimum atomic E-state index is -4.49. The number of aromatic nitrogens is 1. The van der Waals surface area contributed by atoms with Crippen molar-refractivity contribution in [2.24, 2.45) is 0 Å². The van der Waals surface area contributed by atoms with Gasteiger partial charge in [-0.25, -0.2) is 4.98 Å². The van der Waals surface area contributed by atoms with Crippen LogP contribution in [0.5, 0.6) is 0 Å². The van der Waals surface area contributed by atoms with E-state index in [1.165, 1.54) is 36.4 Å². The number of nitrogens with one attached hydrogen (secondary N) is 1. The van der Waals surface area contributed by atoms with Crippen molar-refractivity contribution in [1.82, 2.24) is 4.98 Å². The van der Waals surface area contributed by atoms with Crippen LogP contribution in [-0.2, 0) is 12.7 Å². The first-order chi connectivity index (χ1) is 9.86. The number of non-ortho nitro benzene ring substituents is 1. The number of nitrogens with zero attached hydrogens (tertiary/aromatic N) is 2. The SMILES string of the molecule is O=[N+]([O-])c1ccc(CNc2cccc(C(F)(F)F)n2)cc1. The lowest BCUT2D eigenvalue weighted by molar-refractivity contribution is -0.384. The van der Waals surface area contributed by atoms with Gasteiger partial charge in [0.1, 0.15) is 11.5 Å². The average Bonchev–Trinajstić information content (AvgIpc) is 2.45. The molecule has 0 fully saturated rings. The summed E-state index contributed by atoms with van der Waals surface area (Å²) >= 11 is 0. The van der Waals surface area contributed by atoms with E-state index in [1.807, 2.05) is 0 Å². The molecule has 8 heteroatoms. The third-order valence-electron chi connectivity index (χ3n) is 2.66. The van der Waals surface area contributed by atoms with Crippen molar-refractivity contribution in [3.05, 3.63) is 63.8 Å². The first-order valence-electron chi connectivity index (χ1n) is 5.88. The van der Waals surface area contributed by atoms with Crippen LogP contribution in [0.25, 0.3) is 0 Å². The maximum Gasteiger partial charge on any atom is 0.433 e. The van der Waals surface area contributed by atoms with Crippen LogP contribution in [0.15, 0.2) is 42.5 Å². The van der Waals surface area contributed by atoms with Gasteiger partial charge in [-0.1, -0.05) is 18.2 Å². The lowest BCUT2D eigenvalue weighted by atomic mass is 10.2. The highest BCUT2D eigenvalue weighted by Crippen LogP contribution is 2.28. The fraction of sp³-hybridized carbons (Fsp3) is 0.154. The fourth-order valence-corrected chi connectivity index (χ4v) is 1.62. The minimum absolute atomic E-state index is 0.0454. The smallest absolute Gasteiger partial charge is 0.366 e. The molecule has 0 atom stereocenters. The number of nitro groups is 1. The molecule has 0 spiro atoms. The number of hydrogen-bond acceptors (Lipinski definition) is 4. The number of alkyl halides is 3. The van der Waals surface area contributed by atoms with E-state index in [2.05, 4.69) is 10.3 Å². The molecule has 1 aromatic heterocycles. The van der Waals surface area contributed by atoms with E-state index in [9.17, 15) is 23.3 Å². The summed E-state index contributed by atoms with van der Waals surface area (Å²) in [5, 5.41) is 13.2. The highest BCUT2D eigenvalue weighted by Gasteiger charge is 2.32. The monoisotopic (exact) mass is 297 g/mol. The van der Waals surface area contributed by atoms with Gasteiger partial charge >= 0.3 is 6.18 Å². The van der Waals surface area contributed by atoms with Crippen LogP contribution in [0.3, 0.4) is 0 Å². The Labute approximate surface area is 117 Å². The van der Waals surface area contributed by atoms with Crippen molar-refractivity contribution in [2.75, 3.05) is 5.32 Å². The molecule has 1 aromatic carbocycles. The Hall–Kier alpha value is -2.64. The molecule has 5 nitrogen and oxygen atoms in total. The topological polar surface area (TPSA) is 68.1 Å². The molecule has 0 aliphatic heterocycles. The molecular formula is C13H10F3N3O2. The Bertz CT molecular complexity index is 642. The van der Waals surface area contributed by atoms with Crippen molar-refractivity contribution < 1.29 is 18.1 Å². The highest BCUT2D eigenvalue weighted by molar-refractivity contribution is 5.39. The van der Waals surface area contributed by atoms with Crippen molar-refractivity contribution in [3.63, 3.8) is 0 Å². The molecule has 0 aliphatic carbocycles. The van der Waals surface area contributed by atoms with E-state index >= 15 is 0 Å². The molecule has 0 bridgehead atoms. The fourth-order valence-electron chi connectivity index (χ4n) is 1.62. The van der Waals surface area contributed by atoms with Crippen molar-refractivity contribution in [2.45, 2.75) is 12.7 Å². The molecule has 1 heterocycles. The van der Waals surface area contributed by atoms with Gasteiger partial charge in [-0.2, -0.15) is 13.2 Å². The number of rotatable bonds is 4. The van der Waals surface area contributed by atoms with Crippen molar-refractivity contribution >= 4 is 11.5 Å². The van der Waals surface area contributed by atoms with Crippen LogP contribution >= 0.6 is 0 Å². The third kappa shape index (κ3) is 3.91. The van der Waals surface area contributed by atoms with Gasteiger partial charge in [-0.15, -0.1) is 0 Å². The van der Waals surface area contributed by atoms with E-state index in [1.54, 1.807) is 0 Å². The molecule has 0 saturated heterocycles. The van der Waals surface area contributed by atoms with E-state index in [-0.39, 0.29) is 18.1 Å². The molecule has 2 aromatic rings. The zero-order valence-corrected chi connectivity index (χ0v) is 10.6. The first-order valence-corrected chi connectivity index (χ1v) is 5.88. The van der Waals surface area contributed by atoms with Crippen LogP contribution in [0, 0.1) is 10.1 Å². The molecule has 0 saturated carbocycles. The zero-order chi connectivity index (χ0) is 15.5. The van der Waals surface area contributed by atoms with Crippen LogP contribution in [0.4, 0.5) is 24.7 Å². The molecule has 2 rings (SSSR count). The Morgan fingerprint density at radius 1 is 1.14 bits per heavy atom. The van der Waals surface area contributed by atoms with Gasteiger partial charge in [0.05, 0.1) is 4.92 Å². The number of halogens is 3. The molecule has 1 N–H and O–H groups in total. The Morgan fingerprint density at radius 2 is 1.81 bits per heavy atom. The van der Waals surface area contributed by atoms with Gasteiger partial charge in [0, 0.05) is 18.7 Å². The molecular weight excluding hydrogens is 287 g/mol. The normalized spacial score (nSPS) is 11.2. The predicted molar refractivity (Wildman–Crippen MR) is 69.7 cm³/mol. The van der Waals surface area contributed by atoms with Crippen molar-refractivity contribution in [1.29, 1.82) is 0 Å². The summed E-state index contributed by atoms with van der Waals surface area (Å²) in [5.74, 6) is 0.0863. The molecule has 0 amide bonds. The Morgan fingerprint density at radius 3 is 2.38 bits per heavy atom. The van der Waals surface area contributed by atoms with Crippen LogP contribution in [0.2, 0.25) is 0 Å². The van der Waals surface area contributed by atoms with Gasteiger partial charge in [-0.3, -0.25) is 10.1 Å². The number of pyridine rings is 1. The summed E-state index contributed by atoms with van der Waals surface area (Å²) in [5.41, 5.74) is -0.327. The molecule has 0 unspecified atom stereocenters. The summed E-state index contributed by atoms with van der Waals surface area (Å²) in [4.78, 5) is 13.4. The maximum atomic E-state index is 12.5. The molecule has 0 aliphatic rings. The van der Waals surface area contributed by atoms with Crippen LogP contribution in [-0.4, -0.2) is 9.91 Å². The summed E-state index contributed by atoms with van der Waals surface area (Å²) in [6.45, 7) is 0.215. The maximum absolute atomic E-state index is 12.5. The summed E-state index contributed by atoms with van der Waals surface area (Å²) in [6, 6.07) is 9.27. The number of nitro benzene ring substituents is 1. The number of hydrogen-bond donors (Lipinski definition) is 1. The Balaban J connectivity index is 2.04. The largest absolute Gasteiger partial charge is 0.433 e. The first kappa shape index (κ1) is 14.8. The lowest BCUT2D eigenvalue weighted by Gasteiger charge is -2.09. The second-order valence-electron chi connectivity index (χ2n) is 4.18. The second-order valence-corrected chi connectivity index (χ2v) is 4.18. The molecule has 0 radical (unpaired) electrons. The van der Waals surface area contributed by atoms with Gasteiger partial charge in [0.25, 0.3) is 5.69 Å². The quantitative estimate of drug-likeness (QED) is 0.691. The molecule has 110 valence electrons. The summed E-state index contributed by atoms with van der Waals surface area (Å²) in [7, 11) is 0. The third-order valence-corrected chi connectivity index (χ3v) is 2.66. The van der Waals surface area contributed by atoms with E-state index in [0.717, 1.165) is 6.07 Å². The van der Waals surface area contributed by atoms with Crippen LogP contribution < -0.4 is 5.32 Å². The predicted octanol–water partition coefficient (Wildman–Crippen LogP) is 3.62. The summed E-state index contributed by atoms with van der Waals surface area (Å²) < 4.78 is 37.5. The Kier molecular flexibility index (Phi) is 4.06. The highest BCUT2D eigenvalue weighted by atomic mass is 19.4. The van der Waals surface area contributed by atoms with Crippen LogP contribution in [0.1, 0.15) is 11.3 Å². The minimum Gasteiger partial charge on any atom is -0.366 e. The van der Waals surface area contributed by atoms with E-state index in [0.29, 0.717) is 5.56 Å². The zero-order valence-electron chi connectivity index (χ0n) is 10.6. The number of benzene rings is 1. The van der Waals surface area contributed by atoms with Gasteiger partial charge in [0.15, 0.2) is 0 Å². The van der Waals surface area contributed by atoms with Gasteiger partial charge in [0.2, 0.25) is 0 Å². The van der Waals surface area contributed by atoms with Gasteiger partial charge in [-0.05, 0) is 17.7 Å². The lowest BCUT2D eigenvalue weighted by Crippen LogP contribution is -2.10. The van der Waals surface area contributed by atoms with Gasteiger partial charge < -0.3 is 5.32 Å². The second kappa shape index (κ2) is 5.78. The average molecular weight is 297 g/mol. The summed E-state index contributed by atoms with van der Waals surface area (Å²) in [6.07, 6.45) is -4.49. The number of anilines is 1. The molecule has 21 heavy (non-hydrogen) atoms.